The number of carboxylic acids is 2. The highest BCUT2D eigenvalue weighted by atomic mass is 16.4. The number of carboxylic acid groups (broad SMARTS) is 2. The number of phenolic OH excluding ortho intramolecular Hbond substituents is 3. The fourth-order valence-corrected chi connectivity index (χ4v) is 4.10. The van der Waals surface area contributed by atoms with Crippen molar-refractivity contribution in [3.8, 4) is 17.2 Å². The van der Waals surface area contributed by atoms with Crippen LogP contribution in [0.1, 0.15) is 89.2 Å². The second-order valence-corrected chi connectivity index (χ2v) is 9.62. The SMILES string of the molecule is CC(C)(CCCCCc1c(O)c(O)cc(O)c1CCCCCC1(C(=O)O)CC1)C(=O)O. The molecule has 0 aliphatic heterocycles. The third-order valence-corrected chi connectivity index (χ3v) is 6.67. The third-order valence-electron chi connectivity index (χ3n) is 6.67. The molecule has 1 aliphatic carbocycles. The van der Waals surface area contributed by atoms with E-state index in [2.05, 4.69) is 0 Å². The first kappa shape index (κ1) is 24.8. The zero-order valence-corrected chi connectivity index (χ0v) is 18.6. The maximum absolute atomic E-state index is 11.2. The first-order chi connectivity index (χ1) is 14.5. The fourth-order valence-electron chi connectivity index (χ4n) is 4.10. The second kappa shape index (κ2) is 10.2. The van der Waals surface area contributed by atoms with E-state index in [1.165, 1.54) is 0 Å². The van der Waals surface area contributed by atoms with Gasteiger partial charge in [0.2, 0.25) is 0 Å². The van der Waals surface area contributed by atoms with Crippen molar-refractivity contribution in [1.82, 2.24) is 0 Å². The number of carbonyl (C=O) groups is 2. The van der Waals surface area contributed by atoms with Crippen LogP contribution in [0.5, 0.6) is 17.2 Å². The predicted octanol–water partition coefficient (Wildman–Crippen LogP) is 4.98. The highest BCUT2D eigenvalue weighted by Gasteiger charge is 2.49. The molecule has 1 aromatic carbocycles. The summed E-state index contributed by atoms with van der Waals surface area (Å²) in [4.78, 5) is 22.4. The highest BCUT2D eigenvalue weighted by Crippen LogP contribution is 2.50. The standard InChI is InChI=1S/C24H36O7/c1-23(2,21(28)29)11-7-3-6-10-17-16(18(25)15-19(26)20(17)27)9-5-4-8-12-24(13-14-24)22(30)31/h15,25-27H,3-14H2,1-2H3,(H,28,29)(H,30,31). The number of benzene rings is 1. The van der Waals surface area contributed by atoms with Crippen LogP contribution in [0, 0.1) is 10.8 Å². The maximum atomic E-state index is 11.2. The van der Waals surface area contributed by atoms with Crippen molar-refractivity contribution in [2.45, 2.75) is 90.9 Å². The largest absolute Gasteiger partial charge is 0.508 e. The average Bonchev–Trinajstić information content (AvgIpc) is 3.47. The molecule has 0 amide bonds. The summed E-state index contributed by atoms with van der Waals surface area (Å²) in [5, 5.41) is 49.0. The van der Waals surface area contributed by atoms with Crippen molar-refractivity contribution in [2.24, 2.45) is 10.8 Å². The van der Waals surface area contributed by atoms with Crippen molar-refractivity contribution < 1.29 is 35.1 Å². The van der Waals surface area contributed by atoms with E-state index >= 15 is 0 Å². The average molecular weight is 437 g/mol. The number of phenols is 3. The molecule has 1 aliphatic rings. The van der Waals surface area contributed by atoms with Gasteiger partial charge in [-0.15, -0.1) is 0 Å². The number of rotatable bonds is 14. The van der Waals surface area contributed by atoms with E-state index in [1.807, 2.05) is 0 Å². The highest BCUT2D eigenvalue weighted by molar-refractivity contribution is 5.77. The van der Waals surface area contributed by atoms with Crippen molar-refractivity contribution in [3.63, 3.8) is 0 Å². The molecular weight excluding hydrogens is 400 g/mol. The minimum Gasteiger partial charge on any atom is -0.508 e. The summed E-state index contributed by atoms with van der Waals surface area (Å²) in [6.07, 6.45) is 8.40. The minimum atomic E-state index is -0.818. The van der Waals surface area contributed by atoms with E-state index < -0.39 is 22.8 Å². The fraction of sp³-hybridized carbons (Fsp3) is 0.667. The number of hydrogen-bond acceptors (Lipinski definition) is 5. The van der Waals surface area contributed by atoms with Gasteiger partial charge in [0.25, 0.3) is 0 Å². The Balaban J connectivity index is 1.87. The Labute approximate surface area is 183 Å². The van der Waals surface area contributed by atoms with E-state index in [9.17, 15) is 35.1 Å². The van der Waals surface area contributed by atoms with Crippen molar-refractivity contribution in [3.05, 3.63) is 17.2 Å². The normalized spacial score (nSPS) is 15.0. The van der Waals surface area contributed by atoms with Crippen LogP contribution in [0.15, 0.2) is 6.07 Å². The van der Waals surface area contributed by atoms with Crippen LogP contribution in [0.25, 0.3) is 0 Å². The van der Waals surface area contributed by atoms with Gasteiger partial charge in [0.15, 0.2) is 11.5 Å². The van der Waals surface area contributed by atoms with Crippen LogP contribution in [0.3, 0.4) is 0 Å². The van der Waals surface area contributed by atoms with Crippen LogP contribution in [0.2, 0.25) is 0 Å². The molecule has 0 radical (unpaired) electrons. The molecule has 1 saturated carbocycles. The molecular formula is C24H36O7. The van der Waals surface area contributed by atoms with Crippen LogP contribution in [-0.4, -0.2) is 37.5 Å². The molecule has 5 N–H and O–H groups in total. The maximum Gasteiger partial charge on any atom is 0.309 e. The number of aromatic hydroxyl groups is 3. The van der Waals surface area contributed by atoms with E-state index in [-0.39, 0.29) is 17.2 Å². The first-order valence-corrected chi connectivity index (χ1v) is 11.2. The molecule has 1 aromatic rings. The second-order valence-electron chi connectivity index (χ2n) is 9.62. The van der Waals surface area contributed by atoms with Gasteiger partial charge in [-0.1, -0.05) is 25.7 Å². The lowest BCUT2D eigenvalue weighted by atomic mass is 9.86. The van der Waals surface area contributed by atoms with Gasteiger partial charge in [-0.3, -0.25) is 9.59 Å². The number of aliphatic carboxylic acids is 2. The molecule has 7 heteroatoms. The zero-order chi connectivity index (χ0) is 23.2. The molecule has 2 rings (SSSR count). The topological polar surface area (TPSA) is 135 Å². The lowest BCUT2D eigenvalue weighted by Gasteiger charge is -2.19. The van der Waals surface area contributed by atoms with Gasteiger partial charge in [0, 0.05) is 17.2 Å². The lowest BCUT2D eigenvalue weighted by molar-refractivity contribution is -0.147. The summed E-state index contributed by atoms with van der Waals surface area (Å²) < 4.78 is 0. The quantitative estimate of drug-likeness (QED) is 0.158. The number of unbranched alkanes of at least 4 members (excludes halogenated alkanes) is 4. The summed E-state index contributed by atoms with van der Waals surface area (Å²) >= 11 is 0. The Kier molecular flexibility index (Phi) is 8.21. The molecule has 0 atom stereocenters. The van der Waals surface area contributed by atoms with Crippen molar-refractivity contribution in [2.75, 3.05) is 0 Å². The van der Waals surface area contributed by atoms with Gasteiger partial charge in [0.1, 0.15) is 5.75 Å². The molecule has 0 aromatic heterocycles. The van der Waals surface area contributed by atoms with Gasteiger partial charge in [-0.25, -0.2) is 0 Å². The van der Waals surface area contributed by atoms with Crippen LogP contribution in [0.4, 0.5) is 0 Å². The Bertz CT molecular complexity index is 794. The van der Waals surface area contributed by atoms with Crippen LogP contribution < -0.4 is 0 Å². The molecule has 31 heavy (non-hydrogen) atoms. The Hall–Kier alpha value is -2.44. The summed E-state index contributed by atoms with van der Waals surface area (Å²) in [7, 11) is 0. The van der Waals surface area contributed by atoms with E-state index in [0.717, 1.165) is 51.0 Å². The molecule has 1 fully saturated rings. The molecule has 7 nitrogen and oxygen atoms in total. The van der Waals surface area contributed by atoms with Crippen LogP contribution >= 0.6 is 0 Å². The van der Waals surface area contributed by atoms with Crippen LogP contribution in [-0.2, 0) is 22.4 Å². The van der Waals surface area contributed by atoms with Gasteiger partial charge in [0.05, 0.1) is 10.8 Å². The van der Waals surface area contributed by atoms with Gasteiger partial charge in [-0.05, 0) is 65.2 Å². The predicted molar refractivity (Wildman–Crippen MR) is 117 cm³/mol. The van der Waals surface area contributed by atoms with Gasteiger partial charge >= 0.3 is 11.9 Å². The van der Waals surface area contributed by atoms with Gasteiger partial charge < -0.3 is 25.5 Å². The minimum absolute atomic E-state index is 0.0403. The Morgan fingerprint density at radius 1 is 0.871 bits per heavy atom. The summed E-state index contributed by atoms with van der Waals surface area (Å²) in [5.41, 5.74) is -0.116. The van der Waals surface area contributed by atoms with E-state index in [1.54, 1.807) is 13.8 Å². The van der Waals surface area contributed by atoms with E-state index in [4.69, 9.17) is 0 Å². The smallest absolute Gasteiger partial charge is 0.309 e. The molecule has 0 unspecified atom stereocenters. The Morgan fingerprint density at radius 3 is 2.00 bits per heavy atom. The first-order valence-electron chi connectivity index (χ1n) is 11.2. The molecule has 0 bridgehead atoms. The molecule has 0 saturated heterocycles. The lowest BCUT2D eigenvalue weighted by Crippen LogP contribution is -2.23. The monoisotopic (exact) mass is 436 g/mol. The van der Waals surface area contributed by atoms with Crippen molar-refractivity contribution in [1.29, 1.82) is 0 Å². The van der Waals surface area contributed by atoms with Gasteiger partial charge in [-0.2, -0.15) is 0 Å². The van der Waals surface area contributed by atoms with Crippen molar-refractivity contribution >= 4 is 11.9 Å². The summed E-state index contributed by atoms with van der Waals surface area (Å²) in [6.45, 7) is 3.40. The Morgan fingerprint density at radius 2 is 1.45 bits per heavy atom. The zero-order valence-electron chi connectivity index (χ0n) is 18.6. The summed E-state index contributed by atoms with van der Waals surface area (Å²) in [5.74, 6) is -2.12. The summed E-state index contributed by atoms with van der Waals surface area (Å²) in [6, 6.07) is 1.16. The molecule has 0 heterocycles. The third kappa shape index (κ3) is 6.52. The van der Waals surface area contributed by atoms with E-state index in [0.29, 0.717) is 43.2 Å². The molecule has 0 spiro atoms. The molecule has 174 valence electrons. The number of hydrogen-bond donors (Lipinski definition) is 5.